The first-order valence-electron chi connectivity index (χ1n) is 9.39. The molecule has 8 heteroatoms. The van der Waals surface area contributed by atoms with Crippen LogP contribution < -0.4 is 5.56 Å². The number of hydrogen-bond acceptors (Lipinski definition) is 5. The molecule has 0 fully saturated rings. The van der Waals surface area contributed by atoms with E-state index in [-0.39, 0.29) is 29.3 Å². The molecule has 0 spiro atoms. The zero-order chi connectivity index (χ0) is 20.8. The van der Waals surface area contributed by atoms with Crippen LogP contribution in [0.1, 0.15) is 34.1 Å². The molecule has 1 amide bonds. The Labute approximate surface area is 175 Å². The SMILES string of the molecule is COCCCn1c(SCC(=O)N(C(C)C)C(C)C)nc2cc(Cl)ccc2c1=O. The Kier molecular flexibility index (Phi) is 8.34. The van der Waals surface area contributed by atoms with Crippen LogP contribution in [-0.2, 0) is 16.1 Å². The minimum Gasteiger partial charge on any atom is -0.385 e. The number of rotatable bonds is 9. The number of carbonyl (C=O) groups excluding carboxylic acids is 1. The van der Waals surface area contributed by atoms with Gasteiger partial charge in [0, 0.05) is 37.4 Å². The topological polar surface area (TPSA) is 64.4 Å². The van der Waals surface area contributed by atoms with Crippen molar-refractivity contribution in [2.45, 2.75) is 57.9 Å². The molecule has 0 radical (unpaired) electrons. The number of carbonyl (C=O) groups is 1. The van der Waals surface area contributed by atoms with Gasteiger partial charge in [0.25, 0.3) is 5.56 Å². The number of fused-ring (bicyclic) bond motifs is 1. The average Bonchev–Trinajstić information content (AvgIpc) is 2.61. The monoisotopic (exact) mass is 425 g/mol. The summed E-state index contributed by atoms with van der Waals surface area (Å²) in [4.78, 5) is 32.2. The molecule has 154 valence electrons. The van der Waals surface area contributed by atoms with Gasteiger partial charge in [-0.05, 0) is 52.3 Å². The Hall–Kier alpha value is -1.57. The molecule has 0 aliphatic heterocycles. The second-order valence-corrected chi connectivity index (χ2v) is 8.52. The molecule has 0 bridgehead atoms. The van der Waals surface area contributed by atoms with E-state index in [2.05, 4.69) is 4.98 Å². The zero-order valence-corrected chi connectivity index (χ0v) is 18.6. The van der Waals surface area contributed by atoms with Crippen LogP contribution in [0.2, 0.25) is 5.02 Å². The van der Waals surface area contributed by atoms with Gasteiger partial charge in [0.15, 0.2) is 5.16 Å². The van der Waals surface area contributed by atoms with E-state index in [1.54, 1.807) is 29.9 Å². The summed E-state index contributed by atoms with van der Waals surface area (Å²) in [6.07, 6.45) is 0.683. The highest BCUT2D eigenvalue weighted by molar-refractivity contribution is 7.99. The Morgan fingerprint density at radius 2 is 1.96 bits per heavy atom. The maximum absolute atomic E-state index is 13.0. The normalized spacial score (nSPS) is 11.6. The predicted molar refractivity (Wildman–Crippen MR) is 115 cm³/mol. The highest BCUT2D eigenvalue weighted by Gasteiger charge is 2.21. The van der Waals surface area contributed by atoms with Crippen LogP contribution in [0.4, 0.5) is 0 Å². The van der Waals surface area contributed by atoms with Crippen LogP contribution in [0.25, 0.3) is 10.9 Å². The first-order chi connectivity index (χ1) is 13.3. The average molecular weight is 426 g/mol. The van der Waals surface area contributed by atoms with Gasteiger partial charge in [-0.2, -0.15) is 0 Å². The first kappa shape index (κ1) is 22.7. The highest BCUT2D eigenvalue weighted by Crippen LogP contribution is 2.22. The summed E-state index contributed by atoms with van der Waals surface area (Å²) >= 11 is 7.36. The fourth-order valence-electron chi connectivity index (χ4n) is 3.22. The third-order valence-electron chi connectivity index (χ3n) is 4.34. The molecule has 0 atom stereocenters. The van der Waals surface area contributed by atoms with Crippen molar-refractivity contribution >= 4 is 40.2 Å². The second kappa shape index (κ2) is 10.3. The zero-order valence-electron chi connectivity index (χ0n) is 17.1. The van der Waals surface area contributed by atoms with Crippen LogP contribution in [0.5, 0.6) is 0 Å². The molecule has 0 saturated heterocycles. The van der Waals surface area contributed by atoms with E-state index in [4.69, 9.17) is 16.3 Å². The van der Waals surface area contributed by atoms with Crippen molar-refractivity contribution in [1.82, 2.24) is 14.5 Å². The number of halogens is 1. The van der Waals surface area contributed by atoms with Gasteiger partial charge in [0.2, 0.25) is 5.91 Å². The van der Waals surface area contributed by atoms with Crippen LogP contribution in [0.15, 0.2) is 28.2 Å². The van der Waals surface area contributed by atoms with Gasteiger partial charge in [-0.15, -0.1) is 0 Å². The van der Waals surface area contributed by atoms with Gasteiger partial charge < -0.3 is 9.64 Å². The Balaban J connectivity index is 2.36. The molecule has 1 aromatic carbocycles. The maximum atomic E-state index is 13.0. The quantitative estimate of drug-likeness (QED) is 0.347. The summed E-state index contributed by atoms with van der Waals surface area (Å²) in [7, 11) is 1.63. The first-order valence-corrected chi connectivity index (χ1v) is 10.8. The summed E-state index contributed by atoms with van der Waals surface area (Å²) in [5.41, 5.74) is 0.414. The molecule has 0 aliphatic rings. The largest absolute Gasteiger partial charge is 0.385 e. The van der Waals surface area contributed by atoms with Crippen LogP contribution in [0.3, 0.4) is 0 Å². The van der Waals surface area contributed by atoms with Crippen LogP contribution in [-0.4, -0.2) is 51.9 Å². The molecule has 0 N–H and O–H groups in total. The smallest absolute Gasteiger partial charge is 0.262 e. The van der Waals surface area contributed by atoms with E-state index in [1.165, 1.54) is 11.8 Å². The molecule has 1 heterocycles. The molecular weight excluding hydrogens is 398 g/mol. The van der Waals surface area contributed by atoms with Crippen LogP contribution in [0, 0.1) is 0 Å². The van der Waals surface area contributed by atoms with Crippen molar-refractivity contribution in [1.29, 1.82) is 0 Å². The third kappa shape index (κ3) is 5.49. The van der Waals surface area contributed by atoms with Gasteiger partial charge in [0.05, 0.1) is 16.7 Å². The summed E-state index contributed by atoms with van der Waals surface area (Å²) < 4.78 is 6.74. The van der Waals surface area contributed by atoms with Crippen molar-refractivity contribution in [3.63, 3.8) is 0 Å². The van der Waals surface area contributed by atoms with Gasteiger partial charge >= 0.3 is 0 Å². The highest BCUT2D eigenvalue weighted by atomic mass is 35.5. The van der Waals surface area contributed by atoms with Crippen molar-refractivity contribution in [2.75, 3.05) is 19.5 Å². The van der Waals surface area contributed by atoms with E-state index in [0.29, 0.717) is 40.7 Å². The molecule has 28 heavy (non-hydrogen) atoms. The molecule has 2 rings (SSSR count). The lowest BCUT2D eigenvalue weighted by atomic mass is 10.2. The number of methoxy groups -OCH3 is 1. The number of aromatic nitrogens is 2. The van der Waals surface area contributed by atoms with Crippen molar-refractivity contribution < 1.29 is 9.53 Å². The van der Waals surface area contributed by atoms with Crippen molar-refractivity contribution in [3.8, 4) is 0 Å². The number of ether oxygens (including phenoxy) is 1. The minimum atomic E-state index is -0.128. The van der Waals surface area contributed by atoms with E-state index in [9.17, 15) is 9.59 Å². The Morgan fingerprint density at radius 3 is 2.57 bits per heavy atom. The molecule has 2 aromatic rings. The van der Waals surface area contributed by atoms with Crippen molar-refractivity contribution in [3.05, 3.63) is 33.6 Å². The lowest BCUT2D eigenvalue weighted by Crippen LogP contribution is -2.43. The molecule has 0 aliphatic carbocycles. The molecular formula is C20H28ClN3O3S. The number of thioether (sulfide) groups is 1. The van der Waals surface area contributed by atoms with Gasteiger partial charge in [-0.3, -0.25) is 14.2 Å². The molecule has 1 aromatic heterocycles. The number of nitrogens with zero attached hydrogens (tertiary/aromatic N) is 3. The summed E-state index contributed by atoms with van der Waals surface area (Å²) in [6, 6.07) is 5.28. The maximum Gasteiger partial charge on any atom is 0.262 e. The minimum absolute atomic E-state index is 0.0267. The second-order valence-electron chi connectivity index (χ2n) is 7.14. The van der Waals surface area contributed by atoms with E-state index in [0.717, 1.165) is 0 Å². The van der Waals surface area contributed by atoms with Gasteiger partial charge in [-0.1, -0.05) is 23.4 Å². The summed E-state index contributed by atoms with van der Waals surface area (Å²) in [5, 5.41) is 1.56. The molecule has 6 nitrogen and oxygen atoms in total. The van der Waals surface area contributed by atoms with E-state index in [1.807, 2.05) is 32.6 Å². The predicted octanol–water partition coefficient (Wildman–Crippen LogP) is 3.82. The number of hydrogen-bond donors (Lipinski definition) is 0. The number of amides is 1. The summed E-state index contributed by atoms with van der Waals surface area (Å²) in [6.45, 7) is 9.02. The Bertz CT molecular complexity index is 875. The van der Waals surface area contributed by atoms with E-state index < -0.39 is 0 Å². The van der Waals surface area contributed by atoms with Crippen molar-refractivity contribution in [2.24, 2.45) is 0 Å². The van der Waals surface area contributed by atoms with Gasteiger partial charge in [-0.25, -0.2) is 4.98 Å². The standard InChI is InChI=1S/C20H28ClN3O3S/c1-13(2)24(14(3)4)18(25)12-28-20-22-17-11-15(21)7-8-16(17)19(26)23(20)9-6-10-27-5/h7-8,11,13-14H,6,9-10,12H2,1-5H3. The fraction of sp³-hybridized carbons (Fsp3) is 0.550. The van der Waals surface area contributed by atoms with Crippen LogP contribution >= 0.6 is 23.4 Å². The lowest BCUT2D eigenvalue weighted by molar-refractivity contribution is -0.131. The van der Waals surface area contributed by atoms with Gasteiger partial charge in [0.1, 0.15) is 0 Å². The fourth-order valence-corrected chi connectivity index (χ4v) is 4.28. The lowest BCUT2D eigenvalue weighted by Gasteiger charge is -2.30. The molecule has 0 unspecified atom stereocenters. The third-order valence-corrected chi connectivity index (χ3v) is 5.53. The molecule has 0 saturated carbocycles. The van der Waals surface area contributed by atoms with E-state index >= 15 is 0 Å². The Morgan fingerprint density at radius 1 is 1.29 bits per heavy atom. The summed E-state index contributed by atoms with van der Waals surface area (Å²) in [5.74, 6) is 0.248. The number of benzene rings is 1.